The Morgan fingerprint density at radius 2 is 2.19 bits per heavy atom. The third kappa shape index (κ3) is 3.06. The molecule has 2 aromatic carbocycles. The molecule has 0 saturated heterocycles. The molecule has 0 aliphatic rings. The summed E-state index contributed by atoms with van der Waals surface area (Å²) in [6, 6.07) is 11.1. The van der Waals surface area contributed by atoms with Crippen molar-refractivity contribution in [3.8, 4) is 5.75 Å². The van der Waals surface area contributed by atoms with Gasteiger partial charge in [-0.05, 0) is 36.2 Å². The average molecular weight is 423 g/mol. The molecule has 0 aliphatic heterocycles. The Bertz CT molecular complexity index is 1270. The highest BCUT2D eigenvalue weighted by Gasteiger charge is 2.11. The van der Waals surface area contributed by atoms with E-state index in [1.54, 1.807) is 12.1 Å². The number of aromatic hydroxyl groups is 1. The average Bonchev–Trinajstić information content (AvgIpc) is 3.03. The maximum absolute atomic E-state index is 12.7. The number of aromatic amines is 1. The standard InChI is InChI=1S/C20H15BrN4O2/c1-2-4-12-5-3-6-13(19(12)26)10-23-25-11-22-17-15-9-14(21)7-8-16(15)24-18(17)20(25)27/h2-3,5-11,24,26H,1,4H2. The summed E-state index contributed by atoms with van der Waals surface area (Å²) in [5.41, 5.74) is 2.75. The minimum absolute atomic E-state index is 0.124. The molecule has 6 nitrogen and oxygen atoms in total. The van der Waals surface area contributed by atoms with E-state index >= 15 is 0 Å². The van der Waals surface area contributed by atoms with Gasteiger partial charge in [-0.3, -0.25) is 4.79 Å². The molecule has 0 radical (unpaired) electrons. The van der Waals surface area contributed by atoms with Crippen LogP contribution in [0, 0.1) is 0 Å². The van der Waals surface area contributed by atoms with E-state index in [1.165, 1.54) is 12.5 Å². The minimum Gasteiger partial charge on any atom is -0.507 e. The van der Waals surface area contributed by atoms with Crippen molar-refractivity contribution in [3.63, 3.8) is 0 Å². The number of aromatic nitrogens is 3. The summed E-state index contributed by atoms with van der Waals surface area (Å²) in [5, 5.41) is 15.3. The van der Waals surface area contributed by atoms with Crippen LogP contribution in [0.5, 0.6) is 5.75 Å². The van der Waals surface area contributed by atoms with Crippen molar-refractivity contribution in [3.05, 3.63) is 81.3 Å². The van der Waals surface area contributed by atoms with E-state index in [0.29, 0.717) is 23.0 Å². The zero-order valence-electron chi connectivity index (χ0n) is 14.2. The molecule has 0 spiro atoms. The van der Waals surface area contributed by atoms with Crippen LogP contribution in [0.15, 0.2) is 69.7 Å². The van der Waals surface area contributed by atoms with Gasteiger partial charge in [0.2, 0.25) is 0 Å². The van der Waals surface area contributed by atoms with Crippen molar-refractivity contribution >= 4 is 44.1 Å². The quantitative estimate of drug-likeness (QED) is 0.385. The number of nitrogens with zero attached hydrogens (tertiary/aromatic N) is 3. The second-order valence-corrected chi connectivity index (χ2v) is 6.94. The Labute approximate surface area is 162 Å². The first-order valence-corrected chi connectivity index (χ1v) is 9.02. The Hall–Kier alpha value is -3.19. The molecule has 27 heavy (non-hydrogen) atoms. The number of phenols is 1. The highest BCUT2D eigenvalue weighted by molar-refractivity contribution is 9.10. The summed E-state index contributed by atoms with van der Waals surface area (Å²) in [4.78, 5) is 20.2. The molecule has 2 N–H and O–H groups in total. The molecule has 0 bridgehead atoms. The predicted octanol–water partition coefficient (Wildman–Crippen LogP) is 3.96. The number of phenolic OH excluding ortho intramolecular Hbond substituents is 1. The molecule has 7 heteroatoms. The van der Waals surface area contributed by atoms with E-state index in [2.05, 4.69) is 37.6 Å². The Balaban J connectivity index is 1.79. The number of rotatable bonds is 4. The molecule has 2 heterocycles. The van der Waals surface area contributed by atoms with E-state index in [9.17, 15) is 9.90 Å². The topological polar surface area (TPSA) is 83.3 Å². The van der Waals surface area contributed by atoms with Crippen LogP contribution >= 0.6 is 15.9 Å². The number of hydrogen-bond acceptors (Lipinski definition) is 4. The third-order valence-corrected chi connectivity index (χ3v) is 4.78. The zero-order chi connectivity index (χ0) is 19.0. The van der Waals surface area contributed by atoms with E-state index in [1.807, 2.05) is 30.3 Å². The van der Waals surface area contributed by atoms with Crippen LogP contribution < -0.4 is 5.56 Å². The van der Waals surface area contributed by atoms with E-state index in [0.717, 1.165) is 25.6 Å². The van der Waals surface area contributed by atoms with Crippen LogP contribution in [-0.2, 0) is 6.42 Å². The number of para-hydroxylation sites is 1. The summed E-state index contributed by atoms with van der Waals surface area (Å²) in [6.45, 7) is 3.68. The van der Waals surface area contributed by atoms with Crippen LogP contribution in [0.1, 0.15) is 11.1 Å². The largest absolute Gasteiger partial charge is 0.507 e. The van der Waals surface area contributed by atoms with Crippen molar-refractivity contribution in [1.29, 1.82) is 0 Å². The highest BCUT2D eigenvalue weighted by Crippen LogP contribution is 2.25. The molecule has 134 valence electrons. The van der Waals surface area contributed by atoms with Crippen LogP contribution in [0.4, 0.5) is 0 Å². The van der Waals surface area contributed by atoms with Crippen LogP contribution in [0.25, 0.3) is 21.9 Å². The molecule has 2 aromatic heterocycles. The highest BCUT2D eigenvalue weighted by atomic mass is 79.9. The summed E-state index contributed by atoms with van der Waals surface area (Å²) >= 11 is 3.43. The number of halogens is 1. The van der Waals surface area contributed by atoms with E-state index < -0.39 is 0 Å². The van der Waals surface area contributed by atoms with Crippen molar-refractivity contribution in [2.24, 2.45) is 5.10 Å². The van der Waals surface area contributed by atoms with Crippen molar-refractivity contribution in [2.45, 2.75) is 6.42 Å². The molecule has 0 atom stereocenters. The molecule has 0 fully saturated rings. The number of hydrogen-bond donors (Lipinski definition) is 2. The molecule has 0 amide bonds. The summed E-state index contributed by atoms with van der Waals surface area (Å²) in [6.07, 6.45) is 5.08. The molecule has 0 saturated carbocycles. The Morgan fingerprint density at radius 1 is 1.33 bits per heavy atom. The lowest BCUT2D eigenvalue weighted by Gasteiger charge is -2.04. The van der Waals surface area contributed by atoms with Gasteiger partial charge in [-0.2, -0.15) is 9.78 Å². The molecular weight excluding hydrogens is 408 g/mol. The first-order chi connectivity index (χ1) is 13.1. The van der Waals surface area contributed by atoms with Gasteiger partial charge in [0.15, 0.2) is 0 Å². The molecular formula is C20H15BrN4O2. The van der Waals surface area contributed by atoms with Gasteiger partial charge in [-0.25, -0.2) is 4.98 Å². The summed E-state index contributed by atoms with van der Waals surface area (Å²) < 4.78 is 2.06. The molecule has 0 aliphatic carbocycles. The van der Waals surface area contributed by atoms with E-state index in [4.69, 9.17) is 0 Å². The maximum Gasteiger partial charge on any atom is 0.298 e. The lowest BCUT2D eigenvalue weighted by molar-refractivity contribution is 0.469. The molecule has 4 rings (SSSR count). The fourth-order valence-corrected chi connectivity index (χ4v) is 3.32. The molecule has 4 aromatic rings. The van der Waals surface area contributed by atoms with Gasteiger partial charge in [-0.15, -0.1) is 6.58 Å². The summed E-state index contributed by atoms with van der Waals surface area (Å²) in [5.74, 6) is 0.124. The van der Waals surface area contributed by atoms with Gasteiger partial charge in [0.05, 0.1) is 6.21 Å². The zero-order valence-corrected chi connectivity index (χ0v) is 15.8. The molecule has 0 unspecified atom stereocenters. The van der Waals surface area contributed by atoms with Crippen molar-refractivity contribution in [2.75, 3.05) is 0 Å². The number of allylic oxidation sites excluding steroid dienone is 1. The SMILES string of the molecule is C=CCc1cccc(C=Nn2cnc3c([nH]c4ccc(Br)cc43)c2=O)c1O. The van der Waals surface area contributed by atoms with Gasteiger partial charge >= 0.3 is 0 Å². The van der Waals surface area contributed by atoms with Gasteiger partial charge in [-0.1, -0.05) is 34.1 Å². The lowest BCUT2D eigenvalue weighted by atomic mass is 10.1. The number of H-pyrrole nitrogens is 1. The maximum atomic E-state index is 12.7. The van der Waals surface area contributed by atoms with Crippen molar-refractivity contribution < 1.29 is 5.11 Å². The van der Waals surface area contributed by atoms with Gasteiger partial charge in [0, 0.05) is 20.9 Å². The smallest absolute Gasteiger partial charge is 0.298 e. The van der Waals surface area contributed by atoms with Crippen molar-refractivity contribution in [1.82, 2.24) is 14.6 Å². The second-order valence-electron chi connectivity index (χ2n) is 6.03. The van der Waals surface area contributed by atoms with Gasteiger partial charge in [0.1, 0.15) is 23.1 Å². The second kappa shape index (κ2) is 6.85. The summed E-state index contributed by atoms with van der Waals surface area (Å²) in [7, 11) is 0. The Kier molecular flexibility index (Phi) is 4.37. The number of fused-ring (bicyclic) bond motifs is 3. The monoisotopic (exact) mass is 422 g/mol. The first kappa shape index (κ1) is 17.2. The van der Waals surface area contributed by atoms with Crippen LogP contribution in [0.3, 0.4) is 0 Å². The lowest BCUT2D eigenvalue weighted by Crippen LogP contribution is -2.17. The predicted molar refractivity (Wildman–Crippen MR) is 111 cm³/mol. The van der Waals surface area contributed by atoms with Crippen LogP contribution in [-0.4, -0.2) is 26.0 Å². The number of nitrogens with one attached hydrogen (secondary N) is 1. The fraction of sp³-hybridized carbons (Fsp3) is 0.0500. The third-order valence-electron chi connectivity index (χ3n) is 4.29. The van der Waals surface area contributed by atoms with Gasteiger partial charge < -0.3 is 10.1 Å². The fourth-order valence-electron chi connectivity index (χ4n) is 2.96. The van der Waals surface area contributed by atoms with Crippen LogP contribution in [0.2, 0.25) is 0 Å². The van der Waals surface area contributed by atoms with Gasteiger partial charge in [0.25, 0.3) is 5.56 Å². The normalized spacial score (nSPS) is 11.6. The number of benzene rings is 2. The Morgan fingerprint density at radius 3 is 3.00 bits per heavy atom. The van der Waals surface area contributed by atoms with E-state index in [-0.39, 0.29) is 11.3 Å². The first-order valence-electron chi connectivity index (χ1n) is 8.23. The minimum atomic E-state index is -0.315.